The SMILES string of the molecule is CC(C)n1cnc2c1c(=O)n(CCC1C[C@H](C)O[C@@H](C)C1)c(=O)n2C. The van der Waals surface area contributed by atoms with E-state index in [1.807, 2.05) is 18.4 Å². The standard InChI is InChI=1S/C18H28N4O3/c1-11(2)22-10-19-16-15(22)17(23)21(18(24)20(16)5)7-6-14-8-12(3)25-13(4)9-14/h10-14H,6-9H2,1-5H3/t12-,13-/m0/s1. The number of aromatic nitrogens is 4. The highest BCUT2D eigenvalue weighted by Crippen LogP contribution is 2.27. The lowest BCUT2D eigenvalue weighted by molar-refractivity contribution is -0.0540. The largest absolute Gasteiger partial charge is 0.376 e. The fourth-order valence-electron chi connectivity index (χ4n) is 3.97. The fraction of sp³-hybridized carbons (Fsp3) is 0.722. The lowest BCUT2D eigenvalue weighted by Gasteiger charge is -2.32. The third-order valence-corrected chi connectivity index (χ3v) is 5.17. The van der Waals surface area contributed by atoms with Crippen molar-refractivity contribution in [3.63, 3.8) is 0 Å². The Labute approximate surface area is 147 Å². The van der Waals surface area contributed by atoms with Gasteiger partial charge in [-0.3, -0.25) is 13.9 Å². The molecule has 0 aromatic carbocycles. The third kappa shape index (κ3) is 3.29. The minimum Gasteiger partial charge on any atom is -0.376 e. The maximum atomic E-state index is 13.0. The summed E-state index contributed by atoms with van der Waals surface area (Å²) in [6, 6.07) is 0.112. The molecular weight excluding hydrogens is 320 g/mol. The summed E-state index contributed by atoms with van der Waals surface area (Å²) in [4.78, 5) is 29.9. The Bertz CT molecular complexity index is 867. The number of rotatable bonds is 4. The van der Waals surface area contributed by atoms with Crippen molar-refractivity contribution in [1.29, 1.82) is 0 Å². The van der Waals surface area contributed by atoms with Crippen LogP contribution in [0.2, 0.25) is 0 Å². The van der Waals surface area contributed by atoms with Gasteiger partial charge in [-0.2, -0.15) is 0 Å². The Morgan fingerprint density at radius 3 is 2.48 bits per heavy atom. The van der Waals surface area contributed by atoms with E-state index in [-0.39, 0.29) is 29.5 Å². The zero-order valence-corrected chi connectivity index (χ0v) is 15.7. The first-order valence-corrected chi connectivity index (χ1v) is 9.11. The summed E-state index contributed by atoms with van der Waals surface area (Å²) >= 11 is 0. The van der Waals surface area contributed by atoms with E-state index < -0.39 is 0 Å². The molecular formula is C18H28N4O3. The molecule has 2 aromatic rings. The molecule has 138 valence electrons. The molecule has 0 unspecified atom stereocenters. The summed E-state index contributed by atoms with van der Waals surface area (Å²) in [6.07, 6.45) is 4.88. The van der Waals surface area contributed by atoms with Crippen molar-refractivity contribution in [2.24, 2.45) is 13.0 Å². The molecule has 0 amide bonds. The second-order valence-corrected chi connectivity index (χ2v) is 7.60. The van der Waals surface area contributed by atoms with Gasteiger partial charge in [-0.1, -0.05) is 0 Å². The van der Waals surface area contributed by atoms with Gasteiger partial charge in [0.15, 0.2) is 11.2 Å². The van der Waals surface area contributed by atoms with Crippen LogP contribution in [0.3, 0.4) is 0 Å². The van der Waals surface area contributed by atoms with Crippen molar-refractivity contribution < 1.29 is 4.74 Å². The van der Waals surface area contributed by atoms with E-state index in [0.29, 0.717) is 23.6 Å². The van der Waals surface area contributed by atoms with Gasteiger partial charge >= 0.3 is 5.69 Å². The van der Waals surface area contributed by atoms with Gasteiger partial charge in [-0.25, -0.2) is 9.78 Å². The molecule has 0 saturated carbocycles. The normalized spacial score (nSPS) is 24.3. The van der Waals surface area contributed by atoms with Crippen LogP contribution in [0.5, 0.6) is 0 Å². The molecule has 7 heteroatoms. The molecule has 0 bridgehead atoms. The van der Waals surface area contributed by atoms with Gasteiger partial charge in [0, 0.05) is 19.6 Å². The van der Waals surface area contributed by atoms with Crippen molar-refractivity contribution >= 4 is 11.2 Å². The van der Waals surface area contributed by atoms with Crippen molar-refractivity contribution in [1.82, 2.24) is 18.7 Å². The molecule has 7 nitrogen and oxygen atoms in total. The van der Waals surface area contributed by atoms with Crippen molar-refractivity contribution in [2.75, 3.05) is 0 Å². The van der Waals surface area contributed by atoms with Crippen molar-refractivity contribution in [3.05, 3.63) is 27.2 Å². The average Bonchev–Trinajstić information content (AvgIpc) is 2.97. The highest BCUT2D eigenvalue weighted by molar-refractivity contribution is 5.70. The number of hydrogen-bond acceptors (Lipinski definition) is 4. The molecule has 25 heavy (non-hydrogen) atoms. The summed E-state index contributed by atoms with van der Waals surface area (Å²) in [6.45, 7) is 8.61. The summed E-state index contributed by atoms with van der Waals surface area (Å²) in [7, 11) is 1.68. The van der Waals surface area contributed by atoms with Crippen molar-refractivity contribution in [3.8, 4) is 0 Å². The van der Waals surface area contributed by atoms with Gasteiger partial charge in [0.1, 0.15) is 0 Å². The van der Waals surface area contributed by atoms with E-state index in [2.05, 4.69) is 18.8 Å². The van der Waals surface area contributed by atoms with Gasteiger partial charge in [-0.05, 0) is 52.9 Å². The second-order valence-electron chi connectivity index (χ2n) is 7.60. The Morgan fingerprint density at radius 1 is 1.24 bits per heavy atom. The number of hydrogen-bond donors (Lipinski definition) is 0. The predicted octanol–water partition coefficient (Wildman–Crippen LogP) is 2.07. The molecule has 0 radical (unpaired) electrons. The van der Waals surface area contributed by atoms with Gasteiger partial charge < -0.3 is 9.30 Å². The second kappa shape index (κ2) is 6.78. The fourth-order valence-corrected chi connectivity index (χ4v) is 3.97. The average molecular weight is 348 g/mol. The van der Waals surface area contributed by atoms with E-state index in [1.54, 1.807) is 13.4 Å². The van der Waals surface area contributed by atoms with Gasteiger partial charge in [-0.15, -0.1) is 0 Å². The van der Waals surface area contributed by atoms with Gasteiger partial charge in [0.25, 0.3) is 5.56 Å². The van der Waals surface area contributed by atoms with Crippen LogP contribution in [0.25, 0.3) is 11.2 Å². The highest BCUT2D eigenvalue weighted by Gasteiger charge is 2.25. The van der Waals surface area contributed by atoms with Crippen LogP contribution in [-0.2, 0) is 18.3 Å². The third-order valence-electron chi connectivity index (χ3n) is 5.17. The molecule has 2 atom stereocenters. The molecule has 0 N–H and O–H groups in total. The first-order valence-electron chi connectivity index (χ1n) is 9.11. The maximum absolute atomic E-state index is 13.0. The lowest BCUT2D eigenvalue weighted by atomic mass is 9.90. The summed E-state index contributed by atoms with van der Waals surface area (Å²) in [5.41, 5.74) is 0.427. The molecule has 3 rings (SSSR count). The Hall–Kier alpha value is -1.89. The number of fused-ring (bicyclic) bond motifs is 1. The van der Waals surface area contributed by atoms with Crippen LogP contribution in [0, 0.1) is 5.92 Å². The van der Waals surface area contributed by atoms with E-state index >= 15 is 0 Å². The maximum Gasteiger partial charge on any atom is 0.332 e. The Morgan fingerprint density at radius 2 is 1.88 bits per heavy atom. The summed E-state index contributed by atoms with van der Waals surface area (Å²) in [5, 5.41) is 0. The molecule has 1 aliphatic heterocycles. The highest BCUT2D eigenvalue weighted by atomic mass is 16.5. The molecule has 1 saturated heterocycles. The predicted molar refractivity (Wildman–Crippen MR) is 97.0 cm³/mol. The van der Waals surface area contributed by atoms with Crippen LogP contribution in [0.15, 0.2) is 15.9 Å². The molecule has 3 heterocycles. The monoisotopic (exact) mass is 348 g/mol. The van der Waals surface area contributed by atoms with Crippen LogP contribution in [0.4, 0.5) is 0 Å². The molecule has 0 aliphatic carbocycles. The molecule has 0 spiro atoms. The van der Waals surface area contributed by atoms with E-state index in [9.17, 15) is 9.59 Å². The molecule has 1 aliphatic rings. The van der Waals surface area contributed by atoms with E-state index in [1.165, 1.54) is 9.13 Å². The quantitative estimate of drug-likeness (QED) is 0.848. The van der Waals surface area contributed by atoms with E-state index in [4.69, 9.17) is 4.74 Å². The molecule has 2 aromatic heterocycles. The first kappa shape index (κ1) is 17.9. The lowest BCUT2D eigenvalue weighted by Crippen LogP contribution is -2.40. The number of ether oxygens (including phenoxy) is 1. The van der Waals surface area contributed by atoms with Crippen LogP contribution >= 0.6 is 0 Å². The Kier molecular flexibility index (Phi) is 4.86. The number of imidazole rings is 1. The number of nitrogens with zero attached hydrogens (tertiary/aromatic N) is 4. The van der Waals surface area contributed by atoms with Crippen LogP contribution in [-0.4, -0.2) is 30.9 Å². The van der Waals surface area contributed by atoms with Crippen LogP contribution in [0.1, 0.15) is 53.0 Å². The topological polar surface area (TPSA) is 71.1 Å². The van der Waals surface area contributed by atoms with Crippen LogP contribution < -0.4 is 11.2 Å². The van der Waals surface area contributed by atoms with E-state index in [0.717, 1.165) is 19.3 Å². The zero-order valence-electron chi connectivity index (χ0n) is 15.7. The first-order chi connectivity index (χ1) is 11.8. The molecule has 1 fully saturated rings. The smallest absolute Gasteiger partial charge is 0.332 e. The summed E-state index contributed by atoms with van der Waals surface area (Å²) < 4.78 is 10.5. The zero-order chi connectivity index (χ0) is 18.3. The summed E-state index contributed by atoms with van der Waals surface area (Å²) in [5.74, 6) is 0.473. The minimum atomic E-state index is -0.292. The van der Waals surface area contributed by atoms with Gasteiger partial charge in [0.05, 0.1) is 18.5 Å². The number of aryl methyl sites for hydroxylation is 1. The minimum absolute atomic E-state index is 0.112. The Balaban J connectivity index is 1.95. The van der Waals surface area contributed by atoms with Crippen molar-refractivity contribution in [2.45, 2.75) is 71.8 Å². The van der Waals surface area contributed by atoms with Gasteiger partial charge in [0.2, 0.25) is 0 Å².